The number of benzene rings is 2. The van der Waals surface area contributed by atoms with Crippen molar-refractivity contribution in [1.82, 2.24) is 4.90 Å². The van der Waals surface area contributed by atoms with Crippen molar-refractivity contribution in [2.75, 3.05) is 6.54 Å². The molecule has 0 radical (unpaired) electrons. The highest BCUT2D eigenvalue weighted by Gasteiger charge is 2.32. The summed E-state index contributed by atoms with van der Waals surface area (Å²) < 4.78 is 0. The number of halogens is 2. The lowest BCUT2D eigenvalue weighted by atomic mass is 10.0. The summed E-state index contributed by atoms with van der Waals surface area (Å²) in [6.45, 7) is 0.967. The smallest absolute Gasteiger partial charge is 0.226 e. The van der Waals surface area contributed by atoms with Crippen LogP contribution in [0.4, 0.5) is 0 Å². The van der Waals surface area contributed by atoms with Crippen LogP contribution in [0.2, 0.25) is 10.0 Å². The van der Waals surface area contributed by atoms with E-state index in [-0.39, 0.29) is 17.9 Å². The summed E-state index contributed by atoms with van der Waals surface area (Å²) in [5, 5.41) is 5.59. The summed E-state index contributed by atoms with van der Waals surface area (Å²) in [5.41, 5.74) is 2.66. The van der Waals surface area contributed by atoms with Crippen LogP contribution in [-0.2, 0) is 16.2 Å². The number of hydrogen-bond donors (Lipinski definition) is 0. The quantitative estimate of drug-likeness (QED) is 0.588. The van der Waals surface area contributed by atoms with Crippen LogP contribution in [0.3, 0.4) is 0 Å². The molecular weight excluding hydrogens is 407 g/mol. The normalized spacial score (nSPS) is 19.1. The second-order valence-corrected chi connectivity index (χ2v) is 8.56. The molecule has 152 valence electrons. The molecule has 2 aromatic rings. The van der Waals surface area contributed by atoms with Gasteiger partial charge in [-0.15, -0.1) is 0 Å². The minimum absolute atomic E-state index is 0.0999. The van der Waals surface area contributed by atoms with Crippen LogP contribution in [0.15, 0.2) is 53.7 Å². The van der Waals surface area contributed by atoms with E-state index in [2.05, 4.69) is 5.16 Å². The van der Waals surface area contributed by atoms with Gasteiger partial charge in [0.1, 0.15) is 0 Å². The molecule has 0 bridgehead atoms. The monoisotopic (exact) mass is 430 g/mol. The molecule has 1 aliphatic heterocycles. The molecule has 2 aromatic carbocycles. The van der Waals surface area contributed by atoms with Gasteiger partial charge in [-0.05, 0) is 30.5 Å². The van der Waals surface area contributed by atoms with E-state index in [9.17, 15) is 4.79 Å². The standard InChI is InChI=1S/C23H24Cl2N2O2/c24-20-11-5-3-9-17(20)14-27(23(28)16-7-1-2-8-16)15-18-13-22(26-29-18)19-10-4-6-12-21(19)25/h3-6,9-12,16,18H,1-2,7-8,13-15H2/t18-/m1/s1. The minimum atomic E-state index is -0.186. The zero-order chi connectivity index (χ0) is 20.2. The third kappa shape index (κ3) is 4.76. The van der Waals surface area contributed by atoms with Gasteiger partial charge in [-0.3, -0.25) is 4.79 Å². The number of hydrogen-bond acceptors (Lipinski definition) is 3. The number of oxime groups is 1. The van der Waals surface area contributed by atoms with Crippen LogP contribution in [0.5, 0.6) is 0 Å². The van der Waals surface area contributed by atoms with Crippen molar-refractivity contribution in [3.05, 3.63) is 69.7 Å². The van der Waals surface area contributed by atoms with Crippen molar-refractivity contribution < 1.29 is 9.63 Å². The van der Waals surface area contributed by atoms with Crippen LogP contribution in [0.25, 0.3) is 0 Å². The number of rotatable bonds is 6. The molecule has 2 aliphatic rings. The summed E-state index contributed by atoms with van der Waals surface area (Å²) >= 11 is 12.7. The first-order chi connectivity index (χ1) is 14.1. The van der Waals surface area contributed by atoms with Crippen LogP contribution < -0.4 is 0 Å². The Bertz CT molecular complexity index is 909. The van der Waals surface area contributed by atoms with Gasteiger partial charge >= 0.3 is 0 Å². The third-order valence-corrected chi connectivity index (χ3v) is 6.38. The van der Waals surface area contributed by atoms with Crippen molar-refractivity contribution in [3.8, 4) is 0 Å². The molecule has 0 saturated heterocycles. The highest BCUT2D eigenvalue weighted by Crippen LogP contribution is 2.29. The number of carbonyl (C=O) groups is 1. The van der Waals surface area contributed by atoms with E-state index in [0.717, 1.165) is 42.5 Å². The SMILES string of the molecule is O=C(C1CCCC1)N(Cc1ccccc1Cl)C[C@H]1CC(c2ccccc2Cl)=NO1. The van der Waals surface area contributed by atoms with E-state index < -0.39 is 0 Å². The lowest BCUT2D eigenvalue weighted by Crippen LogP contribution is -2.40. The zero-order valence-electron chi connectivity index (χ0n) is 16.2. The van der Waals surface area contributed by atoms with Gasteiger partial charge in [-0.25, -0.2) is 0 Å². The van der Waals surface area contributed by atoms with Gasteiger partial charge in [0.05, 0.1) is 12.3 Å². The molecule has 0 aromatic heterocycles. The summed E-state index contributed by atoms with van der Waals surface area (Å²) in [6.07, 6.45) is 4.61. The Morgan fingerprint density at radius 3 is 2.45 bits per heavy atom. The molecular formula is C23H24Cl2N2O2. The average molecular weight is 431 g/mol. The highest BCUT2D eigenvalue weighted by atomic mass is 35.5. The summed E-state index contributed by atoms with van der Waals surface area (Å²) in [5.74, 6) is 0.292. The van der Waals surface area contributed by atoms with Crippen molar-refractivity contribution in [3.63, 3.8) is 0 Å². The first-order valence-corrected chi connectivity index (χ1v) is 10.9. The molecule has 4 nitrogen and oxygen atoms in total. The molecule has 29 heavy (non-hydrogen) atoms. The zero-order valence-corrected chi connectivity index (χ0v) is 17.7. The Morgan fingerprint density at radius 1 is 1.03 bits per heavy atom. The molecule has 1 fully saturated rings. The lowest BCUT2D eigenvalue weighted by molar-refractivity contribution is -0.137. The van der Waals surface area contributed by atoms with Crippen molar-refractivity contribution in [2.24, 2.45) is 11.1 Å². The van der Waals surface area contributed by atoms with E-state index in [4.69, 9.17) is 28.0 Å². The topological polar surface area (TPSA) is 41.9 Å². The van der Waals surface area contributed by atoms with Gasteiger partial charge in [0.25, 0.3) is 0 Å². The average Bonchev–Trinajstić information content (AvgIpc) is 3.41. The van der Waals surface area contributed by atoms with Gasteiger partial charge in [0.2, 0.25) is 5.91 Å². The first-order valence-electron chi connectivity index (χ1n) is 10.1. The molecule has 1 saturated carbocycles. The fourth-order valence-electron chi connectivity index (χ4n) is 4.12. The Morgan fingerprint density at radius 2 is 1.72 bits per heavy atom. The number of nitrogens with zero attached hydrogens (tertiary/aromatic N) is 2. The Hall–Kier alpha value is -2.04. The number of amides is 1. The van der Waals surface area contributed by atoms with E-state index in [1.165, 1.54) is 0 Å². The fourth-order valence-corrected chi connectivity index (χ4v) is 4.56. The van der Waals surface area contributed by atoms with Gasteiger partial charge in [-0.2, -0.15) is 0 Å². The Balaban J connectivity index is 1.48. The Labute approximate surface area is 181 Å². The first kappa shape index (κ1) is 20.2. The molecule has 6 heteroatoms. The summed E-state index contributed by atoms with van der Waals surface area (Å²) in [4.78, 5) is 20.8. The van der Waals surface area contributed by atoms with Crippen LogP contribution in [0, 0.1) is 5.92 Å². The van der Waals surface area contributed by atoms with Crippen LogP contribution >= 0.6 is 23.2 Å². The predicted molar refractivity (Wildman–Crippen MR) is 116 cm³/mol. The summed E-state index contributed by atoms with van der Waals surface area (Å²) in [6, 6.07) is 15.3. The molecule has 1 atom stereocenters. The van der Waals surface area contributed by atoms with Crippen LogP contribution in [0.1, 0.15) is 43.2 Å². The minimum Gasteiger partial charge on any atom is -0.390 e. The molecule has 0 spiro atoms. The van der Waals surface area contributed by atoms with E-state index in [1.807, 2.05) is 53.4 Å². The van der Waals surface area contributed by atoms with Gasteiger partial charge in [0.15, 0.2) is 6.10 Å². The van der Waals surface area contributed by atoms with E-state index in [1.54, 1.807) is 0 Å². The summed E-state index contributed by atoms with van der Waals surface area (Å²) in [7, 11) is 0. The van der Waals surface area contributed by atoms with Crippen LogP contribution in [-0.4, -0.2) is 29.2 Å². The number of carbonyl (C=O) groups excluding carboxylic acids is 1. The largest absolute Gasteiger partial charge is 0.390 e. The maximum Gasteiger partial charge on any atom is 0.226 e. The maximum atomic E-state index is 13.2. The van der Waals surface area contributed by atoms with Crippen molar-refractivity contribution in [1.29, 1.82) is 0 Å². The lowest BCUT2D eigenvalue weighted by Gasteiger charge is -2.28. The van der Waals surface area contributed by atoms with Crippen molar-refractivity contribution in [2.45, 2.75) is 44.8 Å². The maximum absolute atomic E-state index is 13.2. The van der Waals surface area contributed by atoms with Gasteiger partial charge < -0.3 is 9.74 Å². The Kier molecular flexibility index (Phi) is 6.41. The third-order valence-electron chi connectivity index (χ3n) is 5.68. The molecule has 1 aliphatic carbocycles. The second kappa shape index (κ2) is 9.19. The van der Waals surface area contributed by atoms with E-state index >= 15 is 0 Å². The second-order valence-electron chi connectivity index (χ2n) is 7.74. The molecule has 0 N–H and O–H groups in total. The van der Waals surface area contributed by atoms with Gasteiger partial charge in [0, 0.05) is 34.5 Å². The van der Waals surface area contributed by atoms with Crippen molar-refractivity contribution >= 4 is 34.8 Å². The molecule has 0 unspecified atom stereocenters. The van der Waals surface area contributed by atoms with Gasteiger partial charge in [-0.1, -0.05) is 77.6 Å². The molecule has 1 amide bonds. The molecule has 4 rings (SSSR count). The highest BCUT2D eigenvalue weighted by molar-refractivity contribution is 6.34. The predicted octanol–water partition coefficient (Wildman–Crippen LogP) is 5.71. The molecule has 1 heterocycles. The fraction of sp³-hybridized carbons (Fsp3) is 0.391. The van der Waals surface area contributed by atoms with E-state index in [0.29, 0.717) is 29.6 Å².